The van der Waals surface area contributed by atoms with E-state index in [1.54, 1.807) is 25.1 Å². The molecule has 0 radical (unpaired) electrons. The summed E-state index contributed by atoms with van der Waals surface area (Å²) in [6.07, 6.45) is 1.54. The lowest BCUT2D eigenvalue weighted by molar-refractivity contribution is 0.0742. The molecule has 0 aliphatic carbocycles. The molecule has 0 N–H and O–H groups in total. The van der Waals surface area contributed by atoms with Crippen molar-refractivity contribution in [3.05, 3.63) is 51.8 Å². The zero-order chi connectivity index (χ0) is 13.1. The number of amides is 1. The smallest absolute Gasteiger partial charge is 0.292 e. The second-order valence-electron chi connectivity index (χ2n) is 4.13. The Morgan fingerprint density at radius 3 is 2.89 bits per heavy atom. The molecule has 0 spiro atoms. The molecule has 0 saturated carbocycles. The molecule has 0 unspecified atom stereocenters. The van der Waals surface area contributed by atoms with E-state index in [0.29, 0.717) is 12.3 Å². The van der Waals surface area contributed by atoms with Crippen LogP contribution in [-0.4, -0.2) is 23.0 Å². The number of hydrogen-bond acceptors (Lipinski definition) is 3. The van der Waals surface area contributed by atoms with Crippen molar-refractivity contribution in [1.82, 2.24) is 10.1 Å². The van der Waals surface area contributed by atoms with E-state index < -0.39 is 0 Å². The number of aryl methyl sites for hydroxylation is 1. The lowest BCUT2D eigenvalue weighted by atomic mass is 10.2. The van der Waals surface area contributed by atoms with Crippen LogP contribution in [0.25, 0.3) is 0 Å². The van der Waals surface area contributed by atoms with E-state index in [-0.39, 0.29) is 5.91 Å². The SMILES string of the molecule is Cc1cnoc1C(=O)N(C)Cc1cccc(Br)c1. The molecule has 1 aromatic carbocycles. The van der Waals surface area contributed by atoms with Gasteiger partial charge in [-0.15, -0.1) is 0 Å². The topological polar surface area (TPSA) is 46.3 Å². The molecule has 0 aliphatic heterocycles. The summed E-state index contributed by atoms with van der Waals surface area (Å²) in [5.74, 6) is 0.137. The molecule has 0 atom stereocenters. The summed E-state index contributed by atoms with van der Waals surface area (Å²) in [6.45, 7) is 2.33. The molecular formula is C13H13BrN2O2. The fourth-order valence-electron chi connectivity index (χ4n) is 1.65. The number of hydrogen-bond donors (Lipinski definition) is 0. The molecule has 1 heterocycles. The fraction of sp³-hybridized carbons (Fsp3) is 0.231. The molecule has 0 fully saturated rings. The van der Waals surface area contributed by atoms with Crippen molar-refractivity contribution in [2.75, 3.05) is 7.05 Å². The van der Waals surface area contributed by atoms with E-state index in [1.165, 1.54) is 0 Å². The van der Waals surface area contributed by atoms with Crippen LogP contribution in [0.2, 0.25) is 0 Å². The van der Waals surface area contributed by atoms with E-state index in [9.17, 15) is 4.79 Å². The summed E-state index contributed by atoms with van der Waals surface area (Å²) < 4.78 is 5.96. The van der Waals surface area contributed by atoms with Crippen LogP contribution in [0.4, 0.5) is 0 Å². The zero-order valence-electron chi connectivity index (χ0n) is 10.2. The van der Waals surface area contributed by atoms with Gasteiger partial charge in [-0.25, -0.2) is 0 Å². The van der Waals surface area contributed by atoms with E-state index in [4.69, 9.17) is 4.52 Å². The van der Waals surface area contributed by atoms with Crippen molar-refractivity contribution in [2.45, 2.75) is 13.5 Å². The number of rotatable bonds is 3. The van der Waals surface area contributed by atoms with Gasteiger partial charge < -0.3 is 9.42 Å². The van der Waals surface area contributed by atoms with Crippen molar-refractivity contribution in [3.63, 3.8) is 0 Å². The lowest BCUT2D eigenvalue weighted by Gasteiger charge is -2.16. The zero-order valence-corrected chi connectivity index (χ0v) is 11.8. The second-order valence-corrected chi connectivity index (χ2v) is 5.04. The Bertz CT molecular complexity index is 566. The number of nitrogens with zero attached hydrogens (tertiary/aromatic N) is 2. The predicted octanol–water partition coefficient (Wildman–Crippen LogP) is 3.02. The first-order valence-corrected chi connectivity index (χ1v) is 6.28. The van der Waals surface area contributed by atoms with Gasteiger partial charge in [0.1, 0.15) is 0 Å². The molecule has 2 aromatic rings. The van der Waals surface area contributed by atoms with Crippen LogP contribution < -0.4 is 0 Å². The molecule has 4 nitrogen and oxygen atoms in total. The summed E-state index contributed by atoms with van der Waals surface area (Å²) in [4.78, 5) is 13.7. The Labute approximate surface area is 114 Å². The van der Waals surface area contributed by atoms with Crippen LogP contribution in [-0.2, 0) is 6.54 Å². The van der Waals surface area contributed by atoms with E-state index in [1.807, 2.05) is 24.3 Å². The Morgan fingerprint density at radius 1 is 1.50 bits per heavy atom. The normalized spacial score (nSPS) is 10.4. The van der Waals surface area contributed by atoms with Gasteiger partial charge in [0.15, 0.2) is 0 Å². The third-order valence-corrected chi connectivity index (χ3v) is 3.09. The Kier molecular flexibility index (Phi) is 3.81. The van der Waals surface area contributed by atoms with Crippen molar-refractivity contribution < 1.29 is 9.32 Å². The van der Waals surface area contributed by atoms with Gasteiger partial charge >= 0.3 is 0 Å². The summed E-state index contributed by atoms with van der Waals surface area (Å²) in [5.41, 5.74) is 1.80. The summed E-state index contributed by atoms with van der Waals surface area (Å²) in [7, 11) is 1.74. The maximum atomic E-state index is 12.1. The molecule has 0 bridgehead atoms. The van der Waals surface area contributed by atoms with Crippen LogP contribution in [0.15, 0.2) is 39.5 Å². The maximum absolute atomic E-state index is 12.1. The minimum Gasteiger partial charge on any atom is -0.351 e. The third kappa shape index (κ3) is 2.79. The number of benzene rings is 1. The van der Waals surface area contributed by atoms with Gasteiger partial charge in [-0.1, -0.05) is 33.2 Å². The van der Waals surface area contributed by atoms with Crippen LogP contribution in [0.5, 0.6) is 0 Å². The van der Waals surface area contributed by atoms with Gasteiger partial charge in [-0.3, -0.25) is 4.79 Å². The van der Waals surface area contributed by atoms with E-state index in [2.05, 4.69) is 21.1 Å². The molecule has 94 valence electrons. The number of carbonyl (C=O) groups excluding carboxylic acids is 1. The molecule has 0 aliphatic rings. The minimum absolute atomic E-state index is 0.162. The Hall–Kier alpha value is -1.62. The Balaban J connectivity index is 2.11. The molecular weight excluding hydrogens is 296 g/mol. The monoisotopic (exact) mass is 308 g/mol. The molecule has 5 heteroatoms. The van der Waals surface area contributed by atoms with Crippen LogP contribution in [0.3, 0.4) is 0 Å². The summed E-state index contributed by atoms with van der Waals surface area (Å²) in [5, 5.41) is 3.62. The van der Waals surface area contributed by atoms with Crippen molar-refractivity contribution >= 4 is 21.8 Å². The molecule has 2 rings (SSSR count). The van der Waals surface area contributed by atoms with Crippen molar-refractivity contribution in [3.8, 4) is 0 Å². The van der Waals surface area contributed by atoms with Gasteiger partial charge in [0.05, 0.1) is 6.20 Å². The summed E-state index contributed by atoms with van der Waals surface area (Å²) in [6, 6.07) is 7.85. The average molecular weight is 309 g/mol. The summed E-state index contributed by atoms with van der Waals surface area (Å²) >= 11 is 3.41. The quantitative estimate of drug-likeness (QED) is 0.875. The molecule has 1 amide bonds. The largest absolute Gasteiger partial charge is 0.351 e. The highest BCUT2D eigenvalue weighted by molar-refractivity contribution is 9.10. The van der Waals surface area contributed by atoms with E-state index >= 15 is 0 Å². The lowest BCUT2D eigenvalue weighted by Crippen LogP contribution is -2.26. The van der Waals surface area contributed by atoms with Gasteiger partial charge in [0, 0.05) is 23.6 Å². The highest BCUT2D eigenvalue weighted by Crippen LogP contribution is 2.15. The molecule has 0 saturated heterocycles. The predicted molar refractivity (Wildman–Crippen MR) is 71.2 cm³/mol. The van der Waals surface area contributed by atoms with E-state index in [0.717, 1.165) is 15.6 Å². The second kappa shape index (κ2) is 5.35. The van der Waals surface area contributed by atoms with Crippen LogP contribution >= 0.6 is 15.9 Å². The first-order valence-electron chi connectivity index (χ1n) is 5.49. The first kappa shape index (κ1) is 12.8. The minimum atomic E-state index is -0.162. The van der Waals surface area contributed by atoms with Gasteiger partial charge in [0.2, 0.25) is 5.76 Å². The fourth-order valence-corrected chi connectivity index (χ4v) is 2.10. The number of carbonyl (C=O) groups is 1. The van der Waals surface area contributed by atoms with Crippen molar-refractivity contribution in [1.29, 1.82) is 0 Å². The maximum Gasteiger partial charge on any atom is 0.292 e. The molecule has 18 heavy (non-hydrogen) atoms. The average Bonchev–Trinajstić information content (AvgIpc) is 2.74. The van der Waals surface area contributed by atoms with Crippen molar-refractivity contribution in [2.24, 2.45) is 0 Å². The first-order chi connectivity index (χ1) is 8.58. The third-order valence-electron chi connectivity index (χ3n) is 2.60. The molecule has 1 aromatic heterocycles. The highest BCUT2D eigenvalue weighted by Gasteiger charge is 2.18. The van der Waals surface area contributed by atoms with Crippen LogP contribution in [0.1, 0.15) is 21.7 Å². The van der Waals surface area contributed by atoms with Gasteiger partial charge in [0.25, 0.3) is 5.91 Å². The number of aromatic nitrogens is 1. The number of halogens is 1. The highest BCUT2D eigenvalue weighted by atomic mass is 79.9. The standard InChI is InChI=1S/C13H13BrN2O2/c1-9-7-15-18-12(9)13(17)16(2)8-10-4-3-5-11(14)6-10/h3-7H,8H2,1-2H3. The Morgan fingerprint density at radius 2 is 2.28 bits per heavy atom. The van der Waals surface area contributed by atoms with Gasteiger partial charge in [-0.05, 0) is 24.6 Å². The van der Waals surface area contributed by atoms with Crippen LogP contribution in [0, 0.1) is 6.92 Å². The van der Waals surface area contributed by atoms with Gasteiger partial charge in [-0.2, -0.15) is 0 Å².